The summed E-state index contributed by atoms with van der Waals surface area (Å²) in [7, 11) is 2.82. The summed E-state index contributed by atoms with van der Waals surface area (Å²) in [5.74, 6) is -0.703. The number of carbonyl (C=O) groups is 3. The molecular formula is C22H26N2O5. The quantitative estimate of drug-likeness (QED) is 0.627. The van der Waals surface area contributed by atoms with E-state index in [4.69, 9.17) is 9.47 Å². The number of carbonyl (C=O) groups excluding carboxylic acids is 3. The molecule has 7 heteroatoms. The van der Waals surface area contributed by atoms with Gasteiger partial charge in [0.15, 0.2) is 0 Å². The molecule has 0 aliphatic carbocycles. The van der Waals surface area contributed by atoms with Gasteiger partial charge in [0, 0.05) is 19.8 Å². The van der Waals surface area contributed by atoms with E-state index in [1.807, 2.05) is 36.4 Å². The van der Waals surface area contributed by atoms with Gasteiger partial charge < -0.3 is 20.1 Å². The van der Waals surface area contributed by atoms with Crippen LogP contribution in [0.25, 0.3) is 0 Å². The van der Waals surface area contributed by atoms with Crippen molar-refractivity contribution in [1.29, 1.82) is 0 Å². The first-order chi connectivity index (χ1) is 13.9. The molecule has 2 rings (SSSR count). The summed E-state index contributed by atoms with van der Waals surface area (Å²) in [6, 6.07) is 14.8. The lowest BCUT2D eigenvalue weighted by Gasteiger charge is -2.22. The summed E-state index contributed by atoms with van der Waals surface area (Å²) in [5.41, 5.74) is 1.70. The second-order valence-electron chi connectivity index (χ2n) is 6.58. The van der Waals surface area contributed by atoms with E-state index in [0.29, 0.717) is 12.2 Å². The van der Waals surface area contributed by atoms with Crippen molar-refractivity contribution in [2.24, 2.45) is 0 Å². The van der Waals surface area contributed by atoms with E-state index in [-0.39, 0.29) is 12.3 Å². The lowest BCUT2D eigenvalue weighted by molar-refractivity contribution is -0.145. The summed E-state index contributed by atoms with van der Waals surface area (Å²) >= 11 is 0. The number of methoxy groups -OCH3 is 2. The third-order valence-electron chi connectivity index (χ3n) is 4.35. The maximum absolute atomic E-state index is 12.9. The predicted molar refractivity (Wildman–Crippen MR) is 108 cm³/mol. The van der Waals surface area contributed by atoms with E-state index in [0.717, 1.165) is 11.1 Å². The molecule has 0 aromatic heterocycles. The van der Waals surface area contributed by atoms with Crippen molar-refractivity contribution in [1.82, 2.24) is 10.6 Å². The first-order valence-electron chi connectivity index (χ1n) is 9.25. The van der Waals surface area contributed by atoms with Crippen LogP contribution >= 0.6 is 0 Å². The second-order valence-corrected chi connectivity index (χ2v) is 6.58. The van der Waals surface area contributed by atoms with E-state index in [9.17, 15) is 14.4 Å². The highest BCUT2D eigenvalue weighted by atomic mass is 16.5. The average Bonchev–Trinajstić information content (AvgIpc) is 2.72. The number of rotatable bonds is 9. The molecule has 2 N–H and O–H groups in total. The Morgan fingerprint density at radius 2 is 1.52 bits per heavy atom. The van der Waals surface area contributed by atoms with Crippen LogP contribution in [0.4, 0.5) is 0 Å². The molecule has 2 atom stereocenters. The molecule has 2 amide bonds. The van der Waals surface area contributed by atoms with Gasteiger partial charge in [-0.05, 0) is 23.3 Å². The van der Waals surface area contributed by atoms with Crippen molar-refractivity contribution >= 4 is 17.8 Å². The van der Waals surface area contributed by atoms with Gasteiger partial charge in [0.25, 0.3) is 0 Å². The fraction of sp³-hybridized carbons (Fsp3) is 0.318. The molecule has 154 valence electrons. The minimum atomic E-state index is -0.897. The van der Waals surface area contributed by atoms with Crippen molar-refractivity contribution in [2.45, 2.75) is 31.8 Å². The number of ether oxygens (including phenoxy) is 2. The normalized spacial score (nSPS) is 12.4. The van der Waals surface area contributed by atoms with E-state index < -0.39 is 24.0 Å². The molecule has 0 aliphatic heterocycles. The Labute approximate surface area is 170 Å². The van der Waals surface area contributed by atoms with E-state index in [2.05, 4.69) is 10.6 Å². The lowest BCUT2D eigenvalue weighted by Crippen LogP contribution is -2.53. The standard InChI is InChI=1S/C22H26N2O5/c1-15(25)23-19(13-16-8-5-4-6-9-16)21(26)24-20(22(27)29-3)14-17-10-7-11-18(12-17)28-2/h4-12,19-20H,13-14H2,1-3H3,(H,23,25)(H,24,26)/t19-,20+/m0/s1. The Kier molecular flexibility index (Phi) is 8.21. The van der Waals surface area contributed by atoms with Crippen LogP contribution < -0.4 is 15.4 Å². The third kappa shape index (κ3) is 6.95. The van der Waals surface area contributed by atoms with Crippen LogP contribution in [0, 0.1) is 0 Å². The van der Waals surface area contributed by atoms with Gasteiger partial charge in [-0.1, -0.05) is 42.5 Å². The minimum Gasteiger partial charge on any atom is -0.497 e. The molecule has 0 saturated heterocycles. The lowest BCUT2D eigenvalue weighted by atomic mass is 10.0. The monoisotopic (exact) mass is 398 g/mol. The second kappa shape index (κ2) is 10.8. The van der Waals surface area contributed by atoms with Crippen LogP contribution in [-0.2, 0) is 32.0 Å². The number of esters is 1. The molecule has 0 aliphatic rings. The van der Waals surface area contributed by atoms with Gasteiger partial charge in [0.2, 0.25) is 11.8 Å². The van der Waals surface area contributed by atoms with Crippen LogP contribution in [0.3, 0.4) is 0 Å². The Hall–Kier alpha value is -3.35. The van der Waals surface area contributed by atoms with E-state index >= 15 is 0 Å². The average molecular weight is 398 g/mol. The maximum Gasteiger partial charge on any atom is 0.328 e. The Bertz CT molecular complexity index is 838. The first-order valence-corrected chi connectivity index (χ1v) is 9.25. The highest BCUT2D eigenvalue weighted by molar-refractivity contribution is 5.90. The highest BCUT2D eigenvalue weighted by Gasteiger charge is 2.27. The predicted octanol–water partition coefficient (Wildman–Crippen LogP) is 1.64. The Balaban J connectivity index is 2.16. The number of amides is 2. The van der Waals surface area contributed by atoms with Gasteiger partial charge in [0.05, 0.1) is 14.2 Å². The molecule has 0 bridgehead atoms. The van der Waals surface area contributed by atoms with Crippen molar-refractivity contribution in [2.75, 3.05) is 14.2 Å². The van der Waals surface area contributed by atoms with Crippen molar-refractivity contribution < 1.29 is 23.9 Å². The van der Waals surface area contributed by atoms with Crippen LogP contribution in [0.5, 0.6) is 5.75 Å². The summed E-state index contributed by atoms with van der Waals surface area (Å²) in [5, 5.41) is 5.36. The molecule has 2 aromatic rings. The molecule has 0 saturated carbocycles. The van der Waals surface area contributed by atoms with Crippen LogP contribution in [0.2, 0.25) is 0 Å². The number of benzene rings is 2. The van der Waals surface area contributed by atoms with Gasteiger partial charge in [-0.25, -0.2) is 4.79 Å². The van der Waals surface area contributed by atoms with Gasteiger partial charge in [-0.2, -0.15) is 0 Å². The zero-order valence-electron chi connectivity index (χ0n) is 16.8. The van der Waals surface area contributed by atoms with Crippen LogP contribution in [0.15, 0.2) is 54.6 Å². The molecule has 29 heavy (non-hydrogen) atoms. The SMILES string of the molecule is COC(=O)[C@@H](Cc1cccc(OC)c1)NC(=O)[C@H](Cc1ccccc1)NC(C)=O. The summed E-state index contributed by atoms with van der Waals surface area (Å²) in [6.07, 6.45) is 0.535. The van der Waals surface area contributed by atoms with Crippen molar-refractivity contribution in [3.8, 4) is 5.75 Å². The first kappa shape index (κ1) is 21.9. The Morgan fingerprint density at radius 3 is 2.14 bits per heavy atom. The number of hydrogen-bond donors (Lipinski definition) is 2. The number of nitrogens with one attached hydrogen (secondary N) is 2. The fourth-order valence-corrected chi connectivity index (χ4v) is 2.95. The molecule has 0 radical (unpaired) electrons. The van der Waals surface area contributed by atoms with E-state index in [1.165, 1.54) is 14.0 Å². The zero-order chi connectivity index (χ0) is 21.2. The summed E-state index contributed by atoms with van der Waals surface area (Å²) in [4.78, 5) is 36.7. The minimum absolute atomic E-state index is 0.230. The summed E-state index contributed by atoms with van der Waals surface area (Å²) in [6.45, 7) is 1.35. The van der Waals surface area contributed by atoms with Crippen LogP contribution in [-0.4, -0.2) is 44.1 Å². The molecular weight excluding hydrogens is 372 g/mol. The highest BCUT2D eigenvalue weighted by Crippen LogP contribution is 2.15. The number of hydrogen-bond acceptors (Lipinski definition) is 5. The van der Waals surface area contributed by atoms with E-state index in [1.54, 1.807) is 25.3 Å². The smallest absolute Gasteiger partial charge is 0.328 e. The Morgan fingerprint density at radius 1 is 0.862 bits per heavy atom. The van der Waals surface area contributed by atoms with Gasteiger partial charge in [0.1, 0.15) is 17.8 Å². The van der Waals surface area contributed by atoms with Crippen molar-refractivity contribution in [3.05, 3.63) is 65.7 Å². The topological polar surface area (TPSA) is 93.7 Å². The van der Waals surface area contributed by atoms with Crippen LogP contribution in [0.1, 0.15) is 18.1 Å². The largest absolute Gasteiger partial charge is 0.497 e. The molecule has 0 heterocycles. The van der Waals surface area contributed by atoms with Gasteiger partial charge >= 0.3 is 5.97 Å². The molecule has 0 fully saturated rings. The third-order valence-corrected chi connectivity index (χ3v) is 4.35. The molecule has 2 aromatic carbocycles. The maximum atomic E-state index is 12.9. The van der Waals surface area contributed by atoms with Gasteiger partial charge in [-0.15, -0.1) is 0 Å². The zero-order valence-corrected chi connectivity index (χ0v) is 16.8. The fourth-order valence-electron chi connectivity index (χ4n) is 2.95. The van der Waals surface area contributed by atoms with Crippen molar-refractivity contribution in [3.63, 3.8) is 0 Å². The molecule has 0 spiro atoms. The summed E-state index contributed by atoms with van der Waals surface area (Å²) < 4.78 is 10.1. The molecule has 7 nitrogen and oxygen atoms in total. The molecule has 0 unspecified atom stereocenters. The van der Waals surface area contributed by atoms with Gasteiger partial charge in [-0.3, -0.25) is 9.59 Å².